The third-order valence-corrected chi connectivity index (χ3v) is 3.99. The Kier molecular flexibility index (Phi) is 3.47. The molecule has 0 aliphatic rings. The van der Waals surface area contributed by atoms with E-state index in [1.54, 1.807) is 0 Å². The second-order valence-corrected chi connectivity index (χ2v) is 5.48. The van der Waals surface area contributed by atoms with Crippen molar-refractivity contribution < 1.29 is 13.2 Å². The zero-order valence-corrected chi connectivity index (χ0v) is 11.7. The second-order valence-electron chi connectivity index (χ2n) is 4.50. The van der Waals surface area contributed by atoms with Crippen molar-refractivity contribution in [2.75, 3.05) is 0 Å². The van der Waals surface area contributed by atoms with Crippen LogP contribution in [0.4, 0.5) is 13.2 Å². The Morgan fingerprint density at radius 2 is 1.48 bits per heavy atom. The van der Waals surface area contributed by atoms with E-state index in [-0.39, 0.29) is 10.6 Å². The Bertz CT molecular complexity index is 797. The van der Waals surface area contributed by atoms with E-state index in [2.05, 4.69) is 10.2 Å². The summed E-state index contributed by atoms with van der Waals surface area (Å²) in [7, 11) is 0. The van der Waals surface area contributed by atoms with Gasteiger partial charge >= 0.3 is 0 Å². The monoisotopic (exact) mass is 306 g/mol. The van der Waals surface area contributed by atoms with Crippen LogP contribution in [0, 0.1) is 24.4 Å². The Labute approximate surface area is 122 Å². The fraction of sp³-hybridized carbons (Fsp3) is 0.0667. The molecule has 0 aliphatic heterocycles. The number of aromatic nitrogens is 2. The van der Waals surface area contributed by atoms with Gasteiger partial charge in [0.2, 0.25) is 0 Å². The molecule has 106 valence electrons. The lowest BCUT2D eigenvalue weighted by molar-refractivity contribution is 0.449. The minimum Gasteiger partial charge on any atom is -0.204 e. The predicted octanol–water partition coefficient (Wildman–Crippen LogP) is 4.60. The molecule has 21 heavy (non-hydrogen) atoms. The van der Waals surface area contributed by atoms with Crippen molar-refractivity contribution >= 4 is 11.3 Å². The van der Waals surface area contributed by atoms with Crippen LogP contribution in [0.2, 0.25) is 0 Å². The quantitative estimate of drug-likeness (QED) is 0.647. The van der Waals surface area contributed by atoms with Gasteiger partial charge in [-0.15, -0.1) is 10.2 Å². The van der Waals surface area contributed by atoms with E-state index in [9.17, 15) is 13.2 Å². The van der Waals surface area contributed by atoms with Gasteiger partial charge in [-0.05, 0) is 19.1 Å². The molecule has 2 nitrogen and oxygen atoms in total. The Morgan fingerprint density at radius 3 is 2.19 bits per heavy atom. The molecular weight excluding hydrogens is 297 g/mol. The zero-order chi connectivity index (χ0) is 15.0. The molecule has 0 unspecified atom stereocenters. The van der Waals surface area contributed by atoms with Gasteiger partial charge in [-0.1, -0.05) is 41.2 Å². The summed E-state index contributed by atoms with van der Waals surface area (Å²) in [5.74, 6) is -3.97. The van der Waals surface area contributed by atoms with Crippen LogP contribution in [0.15, 0.2) is 36.4 Å². The topological polar surface area (TPSA) is 25.8 Å². The van der Waals surface area contributed by atoms with E-state index in [1.165, 1.54) is 0 Å². The maximum Gasteiger partial charge on any atom is 0.195 e. The summed E-state index contributed by atoms with van der Waals surface area (Å²) in [6, 6.07) is 9.64. The van der Waals surface area contributed by atoms with Gasteiger partial charge in [-0.2, -0.15) is 0 Å². The van der Waals surface area contributed by atoms with Crippen LogP contribution in [0.3, 0.4) is 0 Å². The third-order valence-electron chi connectivity index (χ3n) is 2.99. The van der Waals surface area contributed by atoms with Crippen LogP contribution in [0.25, 0.3) is 21.1 Å². The van der Waals surface area contributed by atoms with Crippen molar-refractivity contribution in [3.8, 4) is 21.1 Å². The zero-order valence-electron chi connectivity index (χ0n) is 10.9. The highest BCUT2D eigenvalue weighted by Crippen LogP contribution is 2.32. The van der Waals surface area contributed by atoms with Crippen LogP contribution >= 0.6 is 11.3 Å². The summed E-state index contributed by atoms with van der Waals surface area (Å²) in [4.78, 5) is 0. The highest BCUT2D eigenvalue weighted by Gasteiger charge is 2.18. The van der Waals surface area contributed by atoms with Crippen molar-refractivity contribution in [3.63, 3.8) is 0 Å². The first-order chi connectivity index (χ1) is 10.1. The first-order valence-corrected chi connectivity index (χ1v) is 6.92. The Balaban J connectivity index is 2.03. The summed E-state index contributed by atoms with van der Waals surface area (Å²) in [6.07, 6.45) is 0. The van der Waals surface area contributed by atoms with Gasteiger partial charge in [0.1, 0.15) is 5.01 Å². The molecule has 1 heterocycles. The summed E-state index contributed by atoms with van der Waals surface area (Å²) < 4.78 is 39.9. The molecular formula is C15H9F3N2S. The number of hydrogen-bond donors (Lipinski definition) is 0. The lowest BCUT2D eigenvalue weighted by Crippen LogP contribution is -1.93. The van der Waals surface area contributed by atoms with Crippen molar-refractivity contribution in [1.82, 2.24) is 10.2 Å². The van der Waals surface area contributed by atoms with Crippen molar-refractivity contribution in [2.45, 2.75) is 6.92 Å². The minimum atomic E-state index is -1.50. The van der Waals surface area contributed by atoms with Gasteiger partial charge in [0.15, 0.2) is 22.5 Å². The van der Waals surface area contributed by atoms with E-state index in [0.29, 0.717) is 5.01 Å². The normalized spacial score (nSPS) is 10.9. The molecule has 1 aromatic heterocycles. The third kappa shape index (κ3) is 2.54. The molecule has 0 aliphatic carbocycles. The summed E-state index contributed by atoms with van der Waals surface area (Å²) in [5.41, 5.74) is 1.85. The lowest BCUT2D eigenvalue weighted by atomic mass is 10.2. The molecule has 0 atom stereocenters. The van der Waals surface area contributed by atoms with Crippen LogP contribution in [0.5, 0.6) is 0 Å². The average Bonchev–Trinajstić information content (AvgIpc) is 2.95. The Hall–Kier alpha value is -2.21. The lowest BCUT2D eigenvalue weighted by Gasteiger charge is -2.00. The molecule has 3 aromatic rings. The van der Waals surface area contributed by atoms with Crippen molar-refractivity contribution in [3.05, 3.63) is 59.4 Å². The van der Waals surface area contributed by atoms with Gasteiger partial charge in [-0.25, -0.2) is 13.2 Å². The molecule has 0 N–H and O–H groups in total. The SMILES string of the molecule is Cc1ccc(-c2nnc(-c3ccc(F)c(F)c3F)s2)cc1. The van der Waals surface area contributed by atoms with Crippen molar-refractivity contribution in [1.29, 1.82) is 0 Å². The number of halogens is 3. The maximum atomic E-state index is 13.7. The maximum absolute atomic E-state index is 13.7. The first kappa shape index (κ1) is 13.8. The standard InChI is InChI=1S/C15H9F3N2S/c1-8-2-4-9(5-3-8)14-19-20-15(21-14)10-6-7-11(16)13(18)12(10)17/h2-7H,1H3. The number of rotatable bonds is 2. The number of hydrogen-bond acceptors (Lipinski definition) is 3. The van der Waals surface area contributed by atoms with Gasteiger partial charge in [0, 0.05) is 5.56 Å². The molecule has 0 radical (unpaired) electrons. The fourth-order valence-corrected chi connectivity index (χ4v) is 2.70. The van der Waals surface area contributed by atoms with Gasteiger partial charge in [0.25, 0.3) is 0 Å². The van der Waals surface area contributed by atoms with Crippen LogP contribution in [-0.2, 0) is 0 Å². The molecule has 0 fully saturated rings. The largest absolute Gasteiger partial charge is 0.204 e. The molecule has 0 bridgehead atoms. The molecule has 0 spiro atoms. The summed E-state index contributed by atoms with van der Waals surface area (Å²) in [5, 5.41) is 8.63. The van der Waals surface area contributed by atoms with E-state index < -0.39 is 17.5 Å². The number of nitrogens with zero attached hydrogens (tertiary/aromatic N) is 2. The highest BCUT2D eigenvalue weighted by atomic mass is 32.1. The van der Waals surface area contributed by atoms with E-state index >= 15 is 0 Å². The molecule has 2 aromatic carbocycles. The first-order valence-electron chi connectivity index (χ1n) is 6.10. The number of aryl methyl sites for hydroxylation is 1. The second kappa shape index (κ2) is 5.29. The van der Waals surface area contributed by atoms with Crippen molar-refractivity contribution in [2.24, 2.45) is 0 Å². The smallest absolute Gasteiger partial charge is 0.195 e. The van der Waals surface area contributed by atoms with Crippen LogP contribution in [0.1, 0.15) is 5.56 Å². The van der Waals surface area contributed by atoms with Gasteiger partial charge in [-0.3, -0.25) is 0 Å². The van der Waals surface area contributed by atoms with Crippen LogP contribution in [-0.4, -0.2) is 10.2 Å². The highest BCUT2D eigenvalue weighted by molar-refractivity contribution is 7.17. The molecule has 3 rings (SSSR count). The van der Waals surface area contributed by atoms with E-state index in [4.69, 9.17) is 0 Å². The van der Waals surface area contributed by atoms with E-state index in [1.807, 2.05) is 31.2 Å². The van der Waals surface area contributed by atoms with Gasteiger partial charge < -0.3 is 0 Å². The van der Waals surface area contributed by atoms with E-state index in [0.717, 1.165) is 34.6 Å². The molecule has 0 saturated heterocycles. The fourth-order valence-electron chi connectivity index (χ4n) is 1.84. The molecule has 0 saturated carbocycles. The molecule has 0 amide bonds. The Morgan fingerprint density at radius 1 is 0.810 bits per heavy atom. The van der Waals surface area contributed by atoms with Gasteiger partial charge in [0.05, 0.1) is 5.56 Å². The number of benzene rings is 2. The predicted molar refractivity (Wildman–Crippen MR) is 75.4 cm³/mol. The summed E-state index contributed by atoms with van der Waals surface area (Å²) in [6.45, 7) is 1.96. The van der Waals surface area contributed by atoms with Crippen LogP contribution < -0.4 is 0 Å². The minimum absolute atomic E-state index is 0.0928. The molecule has 6 heteroatoms. The average molecular weight is 306 g/mol. The summed E-state index contributed by atoms with van der Waals surface area (Å²) >= 11 is 1.12.